The van der Waals surface area contributed by atoms with Crippen molar-refractivity contribution in [3.63, 3.8) is 0 Å². The molecular weight excluding hydrogens is 394 g/mol. The van der Waals surface area contributed by atoms with Crippen LogP contribution in [-0.4, -0.2) is 84.1 Å². The predicted octanol–water partition coefficient (Wildman–Crippen LogP) is 1.43. The molecule has 9 heteroatoms. The SMILES string of the molecule is COc1ccccc1CN(C)C(=NCc1nnc(C)n1C)NCCCN1CCOCC1. The average molecular weight is 430 g/mol. The van der Waals surface area contributed by atoms with Crippen molar-refractivity contribution in [2.75, 3.05) is 53.6 Å². The topological polar surface area (TPSA) is 80.0 Å². The summed E-state index contributed by atoms with van der Waals surface area (Å²) >= 11 is 0. The Morgan fingerprint density at radius 1 is 1.26 bits per heavy atom. The lowest BCUT2D eigenvalue weighted by Gasteiger charge is -2.27. The van der Waals surface area contributed by atoms with Crippen molar-refractivity contribution in [1.82, 2.24) is 29.9 Å². The molecule has 1 aromatic heterocycles. The second kappa shape index (κ2) is 11.7. The average Bonchev–Trinajstić information content (AvgIpc) is 3.11. The molecule has 2 heterocycles. The molecule has 0 bridgehead atoms. The van der Waals surface area contributed by atoms with Crippen LogP contribution < -0.4 is 10.1 Å². The van der Waals surface area contributed by atoms with Crippen molar-refractivity contribution < 1.29 is 9.47 Å². The summed E-state index contributed by atoms with van der Waals surface area (Å²) in [5.41, 5.74) is 1.12. The van der Waals surface area contributed by atoms with E-state index in [0.29, 0.717) is 13.1 Å². The van der Waals surface area contributed by atoms with Crippen LogP contribution >= 0.6 is 0 Å². The van der Waals surface area contributed by atoms with Gasteiger partial charge in [0.25, 0.3) is 0 Å². The molecule has 0 radical (unpaired) electrons. The minimum atomic E-state index is 0.472. The summed E-state index contributed by atoms with van der Waals surface area (Å²) in [6.45, 7) is 8.71. The number of rotatable bonds is 9. The van der Waals surface area contributed by atoms with Gasteiger partial charge >= 0.3 is 0 Å². The lowest BCUT2D eigenvalue weighted by atomic mass is 10.2. The van der Waals surface area contributed by atoms with E-state index in [1.54, 1.807) is 7.11 Å². The van der Waals surface area contributed by atoms with Crippen LogP contribution in [0.5, 0.6) is 5.75 Å². The van der Waals surface area contributed by atoms with Gasteiger partial charge in [0.2, 0.25) is 0 Å². The quantitative estimate of drug-likeness (QED) is 0.367. The number of aryl methyl sites for hydroxylation is 1. The van der Waals surface area contributed by atoms with Gasteiger partial charge in [-0.05, 0) is 26.0 Å². The number of benzene rings is 1. The van der Waals surface area contributed by atoms with Crippen LogP contribution in [0.4, 0.5) is 0 Å². The van der Waals surface area contributed by atoms with Gasteiger partial charge in [0.15, 0.2) is 11.8 Å². The number of nitrogens with zero attached hydrogens (tertiary/aromatic N) is 6. The van der Waals surface area contributed by atoms with Gasteiger partial charge in [0, 0.05) is 45.8 Å². The number of ether oxygens (including phenoxy) is 2. The van der Waals surface area contributed by atoms with E-state index >= 15 is 0 Å². The maximum absolute atomic E-state index is 5.52. The molecule has 9 nitrogen and oxygen atoms in total. The first kappa shape index (κ1) is 23.0. The van der Waals surface area contributed by atoms with E-state index in [1.807, 2.05) is 43.8 Å². The maximum atomic E-state index is 5.52. The summed E-state index contributed by atoms with van der Waals surface area (Å²) in [6.07, 6.45) is 1.05. The van der Waals surface area contributed by atoms with Crippen LogP contribution in [0.2, 0.25) is 0 Å². The largest absolute Gasteiger partial charge is 0.496 e. The summed E-state index contributed by atoms with van der Waals surface area (Å²) in [5, 5.41) is 11.9. The van der Waals surface area contributed by atoms with Gasteiger partial charge in [0.05, 0.1) is 20.3 Å². The van der Waals surface area contributed by atoms with Gasteiger partial charge in [-0.25, -0.2) is 4.99 Å². The molecule has 0 saturated carbocycles. The normalized spacial score (nSPS) is 15.2. The van der Waals surface area contributed by atoms with E-state index in [9.17, 15) is 0 Å². The molecule has 0 amide bonds. The molecule has 1 N–H and O–H groups in total. The number of aromatic nitrogens is 3. The highest BCUT2D eigenvalue weighted by molar-refractivity contribution is 5.79. The molecular formula is C22H35N7O2. The summed E-state index contributed by atoms with van der Waals surface area (Å²) in [5.74, 6) is 3.45. The molecule has 1 saturated heterocycles. The fourth-order valence-corrected chi connectivity index (χ4v) is 3.54. The second-order valence-electron chi connectivity index (χ2n) is 7.76. The van der Waals surface area contributed by atoms with Crippen molar-refractivity contribution in [3.05, 3.63) is 41.5 Å². The lowest BCUT2D eigenvalue weighted by Crippen LogP contribution is -2.41. The van der Waals surface area contributed by atoms with Crippen LogP contribution in [0.1, 0.15) is 23.6 Å². The fraction of sp³-hybridized carbons (Fsp3) is 0.591. The number of hydrogen-bond donors (Lipinski definition) is 1. The van der Waals surface area contributed by atoms with Gasteiger partial charge in [-0.3, -0.25) is 4.90 Å². The van der Waals surface area contributed by atoms with Crippen LogP contribution in [0.3, 0.4) is 0 Å². The van der Waals surface area contributed by atoms with Crippen LogP contribution in [0, 0.1) is 6.92 Å². The molecule has 0 unspecified atom stereocenters. The Balaban J connectivity index is 1.63. The Kier molecular flexibility index (Phi) is 8.66. The lowest BCUT2D eigenvalue weighted by molar-refractivity contribution is 0.0375. The third-order valence-electron chi connectivity index (χ3n) is 5.55. The molecule has 31 heavy (non-hydrogen) atoms. The molecule has 2 aromatic rings. The van der Waals surface area contributed by atoms with E-state index in [1.165, 1.54) is 0 Å². The summed E-state index contributed by atoms with van der Waals surface area (Å²) in [4.78, 5) is 9.41. The molecule has 0 spiro atoms. The third kappa shape index (κ3) is 6.67. The highest BCUT2D eigenvalue weighted by atomic mass is 16.5. The molecule has 1 aromatic carbocycles. The molecule has 3 rings (SSSR count). The minimum Gasteiger partial charge on any atom is -0.496 e. The number of methoxy groups -OCH3 is 1. The Bertz CT molecular complexity index is 846. The monoisotopic (exact) mass is 429 g/mol. The van der Waals surface area contributed by atoms with Gasteiger partial charge in [0.1, 0.15) is 18.1 Å². The number of guanidine groups is 1. The van der Waals surface area contributed by atoms with E-state index in [2.05, 4.69) is 31.4 Å². The van der Waals surface area contributed by atoms with Gasteiger partial charge < -0.3 is 24.3 Å². The van der Waals surface area contributed by atoms with Crippen molar-refractivity contribution >= 4 is 5.96 Å². The second-order valence-corrected chi connectivity index (χ2v) is 7.76. The highest BCUT2D eigenvalue weighted by Crippen LogP contribution is 2.18. The first-order valence-electron chi connectivity index (χ1n) is 10.8. The van der Waals surface area contributed by atoms with Crippen molar-refractivity contribution in [1.29, 1.82) is 0 Å². The number of para-hydroxylation sites is 1. The molecule has 0 aliphatic carbocycles. The Morgan fingerprint density at radius 3 is 2.74 bits per heavy atom. The van der Waals surface area contributed by atoms with Crippen LogP contribution in [0.25, 0.3) is 0 Å². The van der Waals surface area contributed by atoms with Crippen LogP contribution in [0.15, 0.2) is 29.3 Å². The van der Waals surface area contributed by atoms with Crippen LogP contribution in [-0.2, 0) is 24.9 Å². The van der Waals surface area contributed by atoms with Gasteiger partial charge in [-0.15, -0.1) is 10.2 Å². The number of aliphatic imine (C=N–C) groups is 1. The Morgan fingerprint density at radius 2 is 2.03 bits per heavy atom. The Hall–Kier alpha value is -2.65. The summed E-state index contributed by atoms with van der Waals surface area (Å²) in [7, 11) is 5.71. The zero-order valence-electron chi connectivity index (χ0n) is 19.2. The summed E-state index contributed by atoms with van der Waals surface area (Å²) in [6, 6.07) is 8.08. The molecule has 1 aliphatic rings. The first-order chi connectivity index (χ1) is 15.1. The maximum Gasteiger partial charge on any atom is 0.194 e. The van der Waals surface area contributed by atoms with Crippen molar-refractivity contribution in [2.45, 2.75) is 26.4 Å². The molecule has 1 fully saturated rings. The van der Waals surface area contributed by atoms with E-state index in [0.717, 1.165) is 74.7 Å². The van der Waals surface area contributed by atoms with Crippen molar-refractivity contribution in [3.8, 4) is 5.75 Å². The standard InChI is InChI=1S/C22H35N7O2/c1-18-25-26-21(28(18)3)16-24-22(23-10-7-11-29-12-14-31-15-13-29)27(2)17-19-8-5-6-9-20(19)30-4/h5-6,8-9H,7,10-17H2,1-4H3,(H,23,24). The Labute approximate surface area is 185 Å². The van der Waals surface area contributed by atoms with Gasteiger partial charge in [-0.2, -0.15) is 0 Å². The van der Waals surface area contributed by atoms with E-state index < -0.39 is 0 Å². The predicted molar refractivity (Wildman–Crippen MR) is 121 cm³/mol. The van der Waals surface area contributed by atoms with E-state index in [-0.39, 0.29) is 0 Å². The zero-order chi connectivity index (χ0) is 22.1. The number of hydrogen-bond acceptors (Lipinski definition) is 6. The summed E-state index contributed by atoms with van der Waals surface area (Å²) < 4.78 is 12.9. The fourth-order valence-electron chi connectivity index (χ4n) is 3.54. The molecule has 1 aliphatic heterocycles. The highest BCUT2D eigenvalue weighted by Gasteiger charge is 2.13. The van der Waals surface area contributed by atoms with E-state index in [4.69, 9.17) is 14.5 Å². The third-order valence-corrected chi connectivity index (χ3v) is 5.55. The molecule has 0 atom stereocenters. The van der Waals surface area contributed by atoms with Crippen molar-refractivity contribution in [2.24, 2.45) is 12.0 Å². The zero-order valence-corrected chi connectivity index (χ0v) is 19.2. The molecule has 170 valence electrons. The van der Waals surface area contributed by atoms with Gasteiger partial charge in [-0.1, -0.05) is 18.2 Å². The number of nitrogens with one attached hydrogen (secondary N) is 1. The number of morpholine rings is 1. The first-order valence-corrected chi connectivity index (χ1v) is 10.8. The minimum absolute atomic E-state index is 0.472. The smallest absolute Gasteiger partial charge is 0.194 e.